The topological polar surface area (TPSA) is 58.4 Å². The molecule has 0 radical (unpaired) electrons. The summed E-state index contributed by atoms with van der Waals surface area (Å²) in [5, 5.41) is 3.80. The van der Waals surface area contributed by atoms with E-state index in [1.165, 1.54) is 38.5 Å². The van der Waals surface area contributed by atoms with Crippen molar-refractivity contribution in [3.8, 4) is 0 Å². The van der Waals surface area contributed by atoms with Gasteiger partial charge in [0.2, 0.25) is 0 Å². The quantitative estimate of drug-likeness (QED) is 0.794. The Bertz CT molecular complexity index is 729. The summed E-state index contributed by atoms with van der Waals surface area (Å²) >= 11 is 6.41. The number of halogens is 1. The molecule has 0 spiro atoms. The number of benzene rings is 1. The molecule has 1 unspecified atom stereocenters. The van der Waals surface area contributed by atoms with Crippen LogP contribution in [0.15, 0.2) is 18.2 Å². The Balaban J connectivity index is 1.28. The first-order valence-electron chi connectivity index (χ1n) is 11.1. The van der Waals surface area contributed by atoms with Gasteiger partial charge in [-0.15, -0.1) is 0 Å². The second-order valence-corrected chi connectivity index (χ2v) is 10.5. The van der Waals surface area contributed by atoms with Gasteiger partial charge in [-0.3, -0.25) is 4.79 Å². The van der Waals surface area contributed by atoms with E-state index in [0.717, 1.165) is 55.9 Å². The van der Waals surface area contributed by atoms with E-state index in [4.69, 9.17) is 17.3 Å². The molecule has 1 aromatic rings. The van der Waals surface area contributed by atoms with E-state index in [1.54, 1.807) is 0 Å². The van der Waals surface area contributed by atoms with Crippen molar-refractivity contribution in [2.45, 2.75) is 57.4 Å². The highest BCUT2D eigenvalue weighted by molar-refractivity contribution is 6.34. The first-order chi connectivity index (χ1) is 13.5. The van der Waals surface area contributed by atoms with E-state index in [2.05, 4.69) is 10.2 Å². The van der Waals surface area contributed by atoms with E-state index in [-0.39, 0.29) is 11.9 Å². The van der Waals surface area contributed by atoms with E-state index in [0.29, 0.717) is 16.0 Å². The fourth-order valence-electron chi connectivity index (χ4n) is 7.00. The van der Waals surface area contributed by atoms with Gasteiger partial charge in [0.15, 0.2) is 0 Å². The van der Waals surface area contributed by atoms with Gasteiger partial charge in [0, 0.05) is 31.4 Å². The van der Waals surface area contributed by atoms with Gasteiger partial charge in [-0.25, -0.2) is 0 Å². The number of nitrogens with one attached hydrogen (secondary N) is 1. The highest BCUT2D eigenvalue weighted by atomic mass is 35.5. The van der Waals surface area contributed by atoms with Crippen molar-refractivity contribution >= 4 is 23.2 Å². The minimum Gasteiger partial charge on any atom is -0.370 e. The maximum absolute atomic E-state index is 13.0. The molecule has 1 aliphatic heterocycles. The van der Waals surface area contributed by atoms with Gasteiger partial charge in [0.25, 0.3) is 5.91 Å². The molecule has 4 aliphatic carbocycles. The summed E-state index contributed by atoms with van der Waals surface area (Å²) in [6.07, 6.45) is 10.4. The van der Waals surface area contributed by atoms with Crippen molar-refractivity contribution in [1.29, 1.82) is 0 Å². The Labute approximate surface area is 173 Å². The largest absolute Gasteiger partial charge is 0.370 e. The summed E-state index contributed by atoms with van der Waals surface area (Å²) in [6.45, 7) is 2.64. The number of carbonyl (C=O) groups excluding carboxylic acids is 1. The van der Waals surface area contributed by atoms with Crippen molar-refractivity contribution < 1.29 is 4.79 Å². The number of nitrogens with two attached hydrogens (primary N) is 1. The molecule has 1 saturated heterocycles. The Kier molecular flexibility index (Phi) is 4.83. The monoisotopic (exact) mass is 401 g/mol. The molecule has 1 amide bonds. The van der Waals surface area contributed by atoms with E-state index in [1.807, 2.05) is 18.2 Å². The third-order valence-corrected chi connectivity index (χ3v) is 8.14. The number of nitrogens with zero attached hydrogens (tertiary/aromatic N) is 1. The minimum atomic E-state index is -0.0242. The van der Waals surface area contributed by atoms with Gasteiger partial charge in [-0.2, -0.15) is 0 Å². The third-order valence-electron chi connectivity index (χ3n) is 7.81. The van der Waals surface area contributed by atoms with Gasteiger partial charge in [0.1, 0.15) is 0 Å². The number of amides is 1. The van der Waals surface area contributed by atoms with E-state index in [9.17, 15) is 4.79 Å². The van der Waals surface area contributed by atoms with Crippen molar-refractivity contribution in [1.82, 2.24) is 5.32 Å². The average molecular weight is 402 g/mol. The van der Waals surface area contributed by atoms with Gasteiger partial charge < -0.3 is 16.0 Å². The molecule has 5 fully saturated rings. The molecule has 0 aromatic heterocycles. The van der Waals surface area contributed by atoms with Crippen LogP contribution in [-0.4, -0.2) is 31.6 Å². The Morgan fingerprint density at radius 1 is 1.18 bits per heavy atom. The summed E-state index contributed by atoms with van der Waals surface area (Å²) in [5.41, 5.74) is 8.13. The van der Waals surface area contributed by atoms with Crippen LogP contribution in [0, 0.1) is 23.2 Å². The zero-order chi connectivity index (χ0) is 19.3. The number of hydrogen-bond donors (Lipinski definition) is 2. The lowest BCUT2D eigenvalue weighted by atomic mass is 9.49. The zero-order valence-corrected chi connectivity index (χ0v) is 17.4. The maximum Gasteiger partial charge on any atom is 0.252 e. The smallest absolute Gasteiger partial charge is 0.252 e. The Morgan fingerprint density at radius 3 is 2.50 bits per heavy atom. The molecule has 6 rings (SSSR count). The van der Waals surface area contributed by atoms with Crippen LogP contribution in [0.25, 0.3) is 0 Å². The molecule has 152 valence electrons. The van der Waals surface area contributed by atoms with Crippen LogP contribution in [0.4, 0.5) is 5.69 Å². The number of anilines is 1. The standard InChI is InChI=1S/C23H32ClN3O/c24-21-4-3-19(27-5-1-2-18(25)13-27)9-20(21)22(28)26-14-23-10-15-6-16(11-23)8-17(7-15)12-23/h3-4,9,15-18H,1-2,5-8,10-14,25H2,(H,26,28). The lowest BCUT2D eigenvalue weighted by Crippen LogP contribution is -2.51. The first-order valence-corrected chi connectivity index (χ1v) is 11.5. The predicted molar refractivity (Wildman–Crippen MR) is 114 cm³/mol. The van der Waals surface area contributed by atoms with Crippen LogP contribution < -0.4 is 16.0 Å². The minimum absolute atomic E-state index is 0.0242. The van der Waals surface area contributed by atoms with Crippen molar-refractivity contribution in [3.05, 3.63) is 28.8 Å². The molecular weight excluding hydrogens is 370 g/mol. The molecule has 4 bridgehead atoms. The highest BCUT2D eigenvalue weighted by Gasteiger charge is 2.50. The van der Waals surface area contributed by atoms with Crippen LogP contribution >= 0.6 is 11.6 Å². The summed E-state index contributed by atoms with van der Waals surface area (Å²) in [5.74, 6) is 2.68. The highest BCUT2D eigenvalue weighted by Crippen LogP contribution is 2.59. The fraction of sp³-hybridized carbons (Fsp3) is 0.696. The molecule has 1 aromatic carbocycles. The number of piperidine rings is 1. The third kappa shape index (κ3) is 3.54. The van der Waals surface area contributed by atoms with Crippen LogP contribution in [0.2, 0.25) is 5.02 Å². The summed E-state index contributed by atoms with van der Waals surface area (Å²) in [4.78, 5) is 15.3. The predicted octanol–water partition coefficient (Wildman–Crippen LogP) is 4.21. The second kappa shape index (κ2) is 7.21. The normalized spacial score (nSPS) is 36.6. The number of carbonyl (C=O) groups is 1. The Hall–Kier alpha value is -1.26. The average Bonchev–Trinajstić information content (AvgIpc) is 2.65. The maximum atomic E-state index is 13.0. The van der Waals surface area contributed by atoms with Crippen molar-refractivity contribution in [3.63, 3.8) is 0 Å². The van der Waals surface area contributed by atoms with E-state index >= 15 is 0 Å². The van der Waals surface area contributed by atoms with Crippen LogP contribution in [0.1, 0.15) is 61.7 Å². The van der Waals surface area contributed by atoms with E-state index < -0.39 is 0 Å². The van der Waals surface area contributed by atoms with Crippen molar-refractivity contribution in [2.75, 3.05) is 24.5 Å². The molecular formula is C23H32ClN3O. The van der Waals surface area contributed by atoms with Crippen molar-refractivity contribution in [2.24, 2.45) is 28.9 Å². The van der Waals surface area contributed by atoms with Crippen LogP contribution in [0.3, 0.4) is 0 Å². The van der Waals surface area contributed by atoms with Gasteiger partial charge in [0.05, 0.1) is 10.6 Å². The van der Waals surface area contributed by atoms with Crippen LogP contribution in [0.5, 0.6) is 0 Å². The number of rotatable bonds is 4. The molecule has 1 atom stereocenters. The van der Waals surface area contributed by atoms with Gasteiger partial charge in [-0.1, -0.05) is 11.6 Å². The number of hydrogen-bond acceptors (Lipinski definition) is 3. The molecule has 28 heavy (non-hydrogen) atoms. The molecule has 4 nitrogen and oxygen atoms in total. The van der Waals surface area contributed by atoms with Crippen LogP contribution in [-0.2, 0) is 0 Å². The molecule has 4 saturated carbocycles. The fourth-order valence-corrected chi connectivity index (χ4v) is 7.20. The van der Waals surface area contributed by atoms with Gasteiger partial charge in [-0.05, 0) is 92.7 Å². The SMILES string of the molecule is NC1CCCN(c2ccc(Cl)c(C(=O)NCC34CC5CC(CC(C5)C3)C4)c2)C1. The molecule has 1 heterocycles. The lowest BCUT2D eigenvalue weighted by Gasteiger charge is -2.56. The Morgan fingerprint density at radius 2 is 1.86 bits per heavy atom. The summed E-state index contributed by atoms with van der Waals surface area (Å²) in [6, 6.07) is 6.03. The zero-order valence-electron chi connectivity index (χ0n) is 16.6. The molecule has 5 aliphatic rings. The molecule has 3 N–H and O–H groups in total. The first kappa shape index (κ1) is 18.7. The summed E-state index contributed by atoms with van der Waals surface area (Å²) in [7, 11) is 0. The summed E-state index contributed by atoms with van der Waals surface area (Å²) < 4.78 is 0. The van der Waals surface area contributed by atoms with Gasteiger partial charge >= 0.3 is 0 Å². The second-order valence-electron chi connectivity index (χ2n) is 10.1. The lowest BCUT2D eigenvalue weighted by molar-refractivity contribution is -0.0503. The molecule has 5 heteroatoms.